The van der Waals surface area contributed by atoms with E-state index in [1.54, 1.807) is 47.4 Å². The molecule has 1 heterocycles. The number of benzene rings is 2. The number of thiocarbonyl (C=S) groups is 1. The molecule has 0 saturated carbocycles. The lowest BCUT2D eigenvalue weighted by Crippen LogP contribution is -2.40. The van der Waals surface area contributed by atoms with Gasteiger partial charge in [0.1, 0.15) is 5.75 Å². The first kappa shape index (κ1) is 26.1. The van der Waals surface area contributed by atoms with Crippen LogP contribution in [0, 0.1) is 0 Å². The molecule has 0 atom stereocenters. The van der Waals surface area contributed by atoms with Crippen molar-refractivity contribution in [1.29, 1.82) is 0 Å². The highest BCUT2D eigenvalue weighted by Crippen LogP contribution is 2.26. The van der Waals surface area contributed by atoms with E-state index in [9.17, 15) is 9.59 Å². The van der Waals surface area contributed by atoms with E-state index in [1.807, 2.05) is 0 Å². The smallest absolute Gasteiger partial charge is 0.257 e. The Morgan fingerprint density at radius 3 is 2.44 bits per heavy atom. The van der Waals surface area contributed by atoms with Gasteiger partial charge in [-0.25, -0.2) is 0 Å². The van der Waals surface area contributed by atoms with E-state index < -0.39 is 0 Å². The number of rotatable bonds is 9. The molecule has 0 aliphatic carbocycles. The van der Waals surface area contributed by atoms with Crippen LogP contribution in [0.1, 0.15) is 53.3 Å². The maximum absolute atomic E-state index is 12.6. The largest absolute Gasteiger partial charge is 0.492 e. The maximum atomic E-state index is 12.6. The maximum Gasteiger partial charge on any atom is 0.257 e. The Hall–Kier alpha value is -2.49. The van der Waals surface area contributed by atoms with Gasteiger partial charge in [0.05, 0.1) is 24.3 Å². The van der Waals surface area contributed by atoms with E-state index in [2.05, 4.69) is 33.5 Å². The molecule has 2 N–H and O–H groups in total. The third-order valence-electron chi connectivity index (χ3n) is 5.36. The number of halogens is 1. The second-order valence-corrected chi connectivity index (χ2v) is 9.21. The van der Waals surface area contributed by atoms with Crippen LogP contribution >= 0.6 is 28.1 Å². The molecular formula is C25H30BrN3O4S. The fourth-order valence-electron chi connectivity index (χ4n) is 3.45. The number of hydrogen-bond donors (Lipinski definition) is 2. The highest BCUT2D eigenvalue weighted by atomic mass is 79.9. The molecule has 9 heteroatoms. The minimum atomic E-state index is -0.327. The van der Waals surface area contributed by atoms with Gasteiger partial charge in [-0.1, -0.05) is 26.2 Å². The minimum Gasteiger partial charge on any atom is -0.492 e. The van der Waals surface area contributed by atoms with E-state index >= 15 is 0 Å². The fourth-order valence-corrected chi connectivity index (χ4v) is 4.16. The molecule has 0 bridgehead atoms. The highest BCUT2D eigenvalue weighted by Gasteiger charge is 2.18. The van der Waals surface area contributed by atoms with Crippen LogP contribution in [0.4, 0.5) is 5.69 Å². The van der Waals surface area contributed by atoms with E-state index in [1.165, 1.54) is 12.8 Å². The number of morpholine rings is 1. The standard InChI is InChI=1S/C25H30BrN3O4S/c1-2-3-4-5-14-33-22-11-8-19(17-21(22)26)23(30)28-25(34)27-20-9-6-18(7-10-20)24(31)29-12-15-32-16-13-29/h6-11,17H,2-5,12-16H2,1H3,(H2,27,28,30,34). The number of hydrogen-bond acceptors (Lipinski definition) is 5. The molecule has 2 aromatic rings. The fraction of sp³-hybridized carbons (Fsp3) is 0.400. The number of amides is 2. The predicted octanol–water partition coefficient (Wildman–Crippen LogP) is 5.01. The summed E-state index contributed by atoms with van der Waals surface area (Å²) in [5.41, 5.74) is 1.73. The molecule has 34 heavy (non-hydrogen) atoms. The number of anilines is 1. The zero-order valence-corrected chi connectivity index (χ0v) is 21.7. The molecule has 1 aliphatic rings. The van der Waals surface area contributed by atoms with Crippen molar-refractivity contribution in [1.82, 2.24) is 10.2 Å². The van der Waals surface area contributed by atoms with Crippen molar-refractivity contribution < 1.29 is 19.1 Å². The Morgan fingerprint density at radius 1 is 1.06 bits per heavy atom. The topological polar surface area (TPSA) is 79.9 Å². The van der Waals surface area contributed by atoms with Crippen LogP contribution in [0.5, 0.6) is 5.75 Å². The molecule has 0 spiro atoms. The number of unbranched alkanes of at least 4 members (excludes halogenated alkanes) is 3. The Labute approximate surface area is 214 Å². The zero-order valence-electron chi connectivity index (χ0n) is 19.3. The SMILES string of the molecule is CCCCCCOc1ccc(C(=O)NC(=S)Nc2ccc(C(=O)N3CCOCC3)cc2)cc1Br. The van der Waals surface area contributed by atoms with Gasteiger partial charge in [0.15, 0.2) is 5.11 Å². The van der Waals surface area contributed by atoms with Gasteiger partial charge < -0.3 is 19.7 Å². The van der Waals surface area contributed by atoms with Crippen LogP contribution < -0.4 is 15.4 Å². The van der Waals surface area contributed by atoms with E-state index in [0.717, 1.165) is 17.3 Å². The third kappa shape index (κ3) is 7.78. The van der Waals surface area contributed by atoms with Crippen molar-refractivity contribution in [2.75, 3.05) is 38.2 Å². The summed E-state index contributed by atoms with van der Waals surface area (Å²) in [6, 6.07) is 12.2. The quantitative estimate of drug-likeness (QED) is 0.339. The molecule has 0 unspecified atom stereocenters. The molecule has 1 fully saturated rings. The molecule has 0 aromatic heterocycles. The number of nitrogens with one attached hydrogen (secondary N) is 2. The van der Waals surface area contributed by atoms with Gasteiger partial charge in [0.25, 0.3) is 11.8 Å². The normalized spacial score (nSPS) is 13.3. The van der Waals surface area contributed by atoms with Crippen molar-refractivity contribution in [3.63, 3.8) is 0 Å². The van der Waals surface area contributed by atoms with Crippen LogP contribution in [-0.4, -0.2) is 54.7 Å². The van der Waals surface area contributed by atoms with E-state index in [0.29, 0.717) is 55.5 Å². The molecule has 182 valence electrons. The molecule has 3 rings (SSSR count). The predicted molar refractivity (Wildman–Crippen MR) is 141 cm³/mol. The van der Waals surface area contributed by atoms with Crippen LogP contribution in [0.15, 0.2) is 46.9 Å². The first-order valence-electron chi connectivity index (χ1n) is 11.5. The van der Waals surface area contributed by atoms with Crippen LogP contribution in [0.2, 0.25) is 0 Å². The van der Waals surface area contributed by atoms with Gasteiger partial charge in [0, 0.05) is 29.9 Å². The Bertz CT molecular complexity index is 994. The lowest BCUT2D eigenvalue weighted by Gasteiger charge is -2.26. The summed E-state index contributed by atoms with van der Waals surface area (Å²) >= 11 is 8.76. The number of carbonyl (C=O) groups is 2. The molecule has 2 amide bonds. The van der Waals surface area contributed by atoms with Crippen molar-refractivity contribution in [3.8, 4) is 5.75 Å². The molecule has 0 radical (unpaired) electrons. The van der Waals surface area contributed by atoms with E-state index in [4.69, 9.17) is 21.7 Å². The summed E-state index contributed by atoms with van der Waals surface area (Å²) in [6.07, 6.45) is 4.54. The van der Waals surface area contributed by atoms with Gasteiger partial charge >= 0.3 is 0 Å². The summed E-state index contributed by atoms with van der Waals surface area (Å²) in [5.74, 6) is 0.358. The Morgan fingerprint density at radius 2 is 1.76 bits per heavy atom. The molecule has 2 aromatic carbocycles. The summed E-state index contributed by atoms with van der Waals surface area (Å²) in [4.78, 5) is 26.9. The molecule has 7 nitrogen and oxygen atoms in total. The molecular weight excluding hydrogens is 518 g/mol. The second kappa shape index (κ2) is 13.4. The third-order valence-corrected chi connectivity index (χ3v) is 6.19. The second-order valence-electron chi connectivity index (χ2n) is 7.94. The average Bonchev–Trinajstić information content (AvgIpc) is 2.85. The molecule has 1 saturated heterocycles. The average molecular weight is 549 g/mol. The summed E-state index contributed by atoms with van der Waals surface area (Å²) in [6.45, 7) is 5.13. The number of carbonyl (C=O) groups excluding carboxylic acids is 2. The summed E-state index contributed by atoms with van der Waals surface area (Å²) in [7, 11) is 0. The van der Waals surface area contributed by atoms with Gasteiger partial charge in [-0.2, -0.15) is 0 Å². The number of ether oxygens (including phenoxy) is 2. The zero-order chi connectivity index (χ0) is 24.3. The summed E-state index contributed by atoms with van der Waals surface area (Å²) in [5, 5.41) is 5.83. The van der Waals surface area contributed by atoms with Gasteiger partial charge in [-0.3, -0.25) is 14.9 Å². The lowest BCUT2D eigenvalue weighted by atomic mass is 10.1. The van der Waals surface area contributed by atoms with Crippen molar-refractivity contribution in [2.45, 2.75) is 32.6 Å². The summed E-state index contributed by atoms with van der Waals surface area (Å²) < 4.78 is 11.8. The minimum absolute atomic E-state index is 0.0234. The molecule has 1 aliphatic heterocycles. The lowest BCUT2D eigenvalue weighted by molar-refractivity contribution is 0.0303. The van der Waals surface area contributed by atoms with Crippen molar-refractivity contribution in [3.05, 3.63) is 58.1 Å². The Balaban J connectivity index is 1.49. The van der Waals surface area contributed by atoms with Crippen molar-refractivity contribution in [2.24, 2.45) is 0 Å². The Kier molecular flexibility index (Phi) is 10.3. The van der Waals surface area contributed by atoms with Gasteiger partial charge in [-0.15, -0.1) is 0 Å². The highest BCUT2D eigenvalue weighted by molar-refractivity contribution is 9.10. The van der Waals surface area contributed by atoms with Crippen LogP contribution in [0.3, 0.4) is 0 Å². The van der Waals surface area contributed by atoms with E-state index in [-0.39, 0.29) is 16.9 Å². The van der Waals surface area contributed by atoms with Gasteiger partial charge in [-0.05, 0) is 77.0 Å². The first-order valence-corrected chi connectivity index (χ1v) is 12.7. The van der Waals surface area contributed by atoms with Crippen LogP contribution in [-0.2, 0) is 4.74 Å². The van der Waals surface area contributed by atoms with Crippen molar-refractivity contribution >= 4 is 50.8 Å². The number of nitrogens with zero attached hydrogens (tertiary/aromatic N) is 1. The van der Waals surface area contributed by atoms with Crippen LogP contribution in [0.25, 0.3) is 0 Å². The monoisotopic (exact) mass is 547 g/mol. The first-order chi connectivity index (χ1) is 16.5. The van der Waals surface area contributed by atoms with Gasteiger partial charge in [0.2, 0.25) is 0 Å².